The maximum absolute atomic E-state index is 13.0. The zero-order valence-corrected chi connectivity index (χ0v) is 18.6. The second kappa shape index (κ2) is 9.99. The van der Waals surface area contributed by atoms with Crippen LogP contribution >= 0.6 is 23.2 Å². The van der Waals surface area contributed by atoms with Crippen molar-refractivity contribution in [2.75, 3.05) is 6.61 Å². The van der Waals surface area contributed by atoms with Gasteiger partial charge in [0.2, 0.25) is 5.91 Å². The second-order valence-corrected chi connectivity index (χ2v) is 8.63. The molecule has 7 heteroatoms. The fourth-order valence-corrected chi connectivity index (χ4v) is 3.08. The standard InChI is InChI=1S/C22H26Cl2N2O3/c1-15(21(28)25-22(2,3)4)26(13-16-8-7-9-17(23)12-16)20(27)14-29-19-11-6-5-10-18(19)24/h5-12,15H,13-14H2,1-4H3,(H,25,28)/t15-/m0/s1. The molecule has 0 saturated heterocycles. The number of carbonyl (C=O) groups excluding carboxylic acids is 2. The predicted molar refractivity (Wildman–Crippen MR) is 116 cm³/mol. The van der Waals surface area contributed by atoms with E-state index in [0.717, 1.165) is 5.56 Å². The van der Waals surface area contributed by atoms with Crippen molar-refractivity contribution in [1.82, 2.24) is 10.2 Å². The van der Waals surface area contributed by atoms with Crippen molar-refractivity contribution < 1.29 is 14.3 Å². The highest BCUT2D eigenvalue weighted by Crippen LogP contribution is 2.23. The molecule has 0 spiro atoms. The first-order chi connectivity index (χ1) is 13.6. The summed E-state index contributed by atoms with van der Waals surface area (Å²) in [5.41, 5.74) is 0.406. The van der Waals surface area contributed by atoms with Crippen molar-refractivity contribution in [2.24, 2.45) is 0 Å². The van der Waals surface area contributed by atoms with Crippen LogP contribution in [0.15, 0.2) is 48.5 Å². The summed E-state index contributed by atoms with van der Waals surface area (Å²) in [6, 6.07) is 13.4. The Morgan fingerprint density at radius 1 is 1.10 bits per heavy atom. The van der Waals surface area contributed by atoms with Gasteiger partial charge in [-0.1, -0.05) is 47.5 Å². The Bertz CT molecular complexity index is 865. The van der Waals surface area contributed by atoms with Crippen LogP contribution in [0.3, 0.4) is 0 Å². The van der Waals surface area contributed by atoms with E-state index in [1.165, 1.54) is 4.90 Å². The molecule has 0 unspecified atom stereocenters. The van der Waals surface area contributed by atoms with Crippen molar-refractivity contribution >= 4 is 35.0 Å². The average Bonchev–Trinajstić information content (AvgIpc) is 2.63. The summed E-state index contributed by atoms with van der Waals surface area (Å²) in [5, 5.41) is 3.89. The lowest BCUT2D eigenvalue weighted by atomic mass is 10.1. The quantitative estimate of drug-likeness (QED) is 0.683. The highest BCUT2D eigenvalue weighted by Gasteiger charge is 2.28. The molecule has 1 atom stereocenters. The van der Waals surface area contributed by atoms with Gasteiger partial charge in [-0.15, -0.1) is 0 Å². The van der Waals surface area contributed by atoms with Gasteiger partial charge >= 0.3 is 0 Å². The molecule has 156 valence electrons. The molecule has 0 aliphatic rings. The number of nitrogens with zero attached hydrogens (tertiary/aromatic N) is 1. The van der Waals surface area contributed by atoms with Crippen LogP contribution in [0.25, 0.3) is 0 Å². The maximum Gasteiger partial charge on any atom is 0.261 e. The molecule has 0 heterocycles. The van der Waals surface area contributed by atoms with Crippen molar-refractivity contribution in [1.29, 1.82) is 0 Å². The van der Waals surface area contributed by atoms with Crippen LogP contribution in [0.1, 0.15) is 33.3 Å². The number of hydrogen-bond acceptors (Lipinski definition) is 3. The van der Waals surface area contributed by atoms with Crippen LogP contribution in [-0.4, -0.2) is 34.9 Å². The number of benzene rings is 2. The fraction of sp³-hybridized carbons (Fsp3) is 0.364. The van der Waals surface area contributed by atoms with Crippen LogP contribution in [0.2, 0.25) is 10.0 Å². The second-order valence-electron chi connectivity index (χ2n) is 7.79. The average molecular weight is 437 g/mol. The number of nitrogens with one attached hydrogen (secondary N) is 1. The monoisotopic (exact) mass is 436 g/mol. The fourth-order valence-electron chi connectivity index (χ4n) is 2.67. The first-order valence-corrected chi connectivity index (χ1v) is 10.1. The Balaban J connectivity index is 2.19. The van der Waals surface area contributed by atoms with Gasteiger partial charge in [0, 0.05) is 17.1 Å². The molecule has 0 aliphatic carbocycles. The highest BCUT2D eigenvalue weighted by atomic mass is 35.5. The van der Waals surface area contributed by atoms with E-state index in [2.05, 4.69) is 5.32 Å². The Morgan fingerprint density at radius 3 is 2.41 bits per heavy atom. The number of carbonyl (C=O) groups is 2. The topological polar surface area (TPSA) is 58.6 Å². The summed E-state index contributed by atoms with van der Waals surface area (Å²) >= 11 is 12.2. The molecule has 0 radical (unpaired) electrons. The molecule has 0 bridgehead atoms. The number of para-hydroxylation sites is 1. The molecule has 2 aromatic carbocycles. The van der Waals surface area contributed by atoms with Gasteiger partial charge in [0.25, 0.3) is 5.91 Å². The zero-order valence-electron chi connectivity index (χ0n) is 17.0. The van der Waals surface area contributed by atoms with Crippen molar-refractivity contribution in [3.05, 3.63) is 64.1 Å². The van der Waals surface area contributed by atoms with Gasteiger partial charge < -0.3 is 15.0 Å². The summed E-state index contributed by atoms with van der Waals surface area (Å²) in [5.74, 6) is -0.163. The first kappa shape index (κ1) is 23.0. The molecule has 2 aromatic rings. The van der Waals surface area contributed by atoms with E-state index in [4.69, 9.17) is 27.9 Å². The van der Waals surface area contributed by atoms with Gasteiger partial charge in [-0.2, -0.15) is 0 Å². The van der Waals surface area contributed by atoms with Crippen LogP contribution in [0.5, 0.6) is 5.75 Å². The lowest BCUT2D eigenvalue weighted by molar-refractivity contribution is -0.142. The van der Waals surface area contributed by atoms with Gasteiger partial charge in [-0.05, 0) is 57.5 Å². The van der Waals surface area contributed by atoms with Crippen LogP contribution < -0.4 is 10.1 Å². The molecule has 1 N–H and O–H groups in total. The molecule has 0 saturated carbocycles. The summed E-state index contributed by atoms with van der Waals surface area (Å²) in [6.07, 6.45) is 0. The molecule has 2 rings (SSSR count). The number of ether oxygens (including phenoxy) is 1. The zero-order chi connectivity index (χ0) is 21.6. The van der Waals surface area contributed by atoms with Crippen molar-refractivity contribution in [3.8, 4) is 5.75 Å². The molecule has 0 fully saturated rings. The van der Waals surface area contributed by atoms with Crippen LogP contribution in [-0.2, 0) is 16.1 Å². The summed E-state index contributed by atoms with van der Waals surface area (Å²) < 4.78 is 5.59. The van der Waals surface area contributed by atoms with Crippen molar-refractivity contribution in [3.63, 3.8) is 0 Å². The first-order valence-electron chi connectivity index (χ1n) is 9.30. The molecule has 0 aromatic heterocycles. The van der Waals surface area contributed by atoms with Crippen molar-refractivity contribution in [2.45, 2.75) is 45.8 Å². The van der Waals surface area contributed by atoms with Gasteiger partial charge in [0.15, 0.2) is 6.61 Å². The van der Waals surface area contributed by atoms with E-state index < -0.39 is 11.6 Å². The lowest BCUT2D eigenvalue weighted by Gasteiger charge is -2.31. The largest absolute Gasteiger partial charge is 0.482 e. The molecule has 29 heavy (non-hydrogen) atoms. The molecular weight excluding hydrogens is 411 g/mol. The predicted octanol–water partition coefficient (Wildman–Crippen LogP) is 4.70. The number of rotatable bonds is 7. The van der Waals surface area contributed by atoms with Crippen LogP contribution in [0, 0.1) is 0 Å². The Morgan fingerprint density at radius 2 is 1.79 bits per heavy atom. The smallest absolute Gasteiger partial charge is 0.261 e. The normalized spacial score (nSPS) is 12.2. The Hall–Kier alpha value is -2.24. The van der Waals surface area contributed by atoms with E-state index in [1.807, 2.05) is 26.8 Å². The highest BCUT2D eigenvalue weighted by molar-refractivity contribution is 6.32. The Kier molecular flexibility index (Phi) is 7.94. The molecular formula is C22H26Cl2N2O3. The minimum absolute atomic E-state index is 0.226. The summed E-state index contributed by atoms with van der Waals surface area (Å²) in [7, 11) is 0. The van der Waals surface area contributed by atoms with Gasteiger partial charge in [-0.3, -0.25) is 9.59 Å². The van der Waals surface area contributed by atoms with Crippen LogP contribution in [0.4, 0.5) is 0 Å². The van der Waals surface area contributed by atoms with Gasteiger partial charge in [0.1, 0.15) is 11.8 Å². The minimum Gasteiger partial charge on any atom is -0.482 e. The number of halogens is 2. The third-order valence-corrected chi connectivity index (χ3v) is 4.64. The van der Waals surface area contributed by atoms with E-state index in [1.54, 1.807) is 49.4 Å². The number of hydrogen-bond donors (Lipinski definition) is 1. The van der Waals surface area contributed by atoms with Gasteiger partial charge in [0.05, 0.1) is 5.02 Å². The van der Waals surface area contributed by atoms with Gasteiger partial charge in [-0.25, -0.2) is 0 Å². The SMILES string of the molecule is C[C@@H](C(=O)NC(C)(C)C)N(Cc1cccc(Cl)c1)C(=O)COc1ccccc1Cl. The maximum atomic E-state index is 13.0. The van der Waals surface area contributed by atoms with E-state index >= 15 is 0 Å². The van der Waals surface area contributed by atoms with E-state index in [-0.39, 0.29) is 25.0 Å². The Labute approximate surface area is 181 Å². The molecule has 2 amide bonds. The molecule has 0 aliphatic heterocycles. The summed E-state index contributed by atoms with van der Waals surface area (Å²) in [4.78, 5) is 27.1. The molecule has 5 nitrogen and oxygen atoms in total. The number of amides is 2. The van der Waals surface area contributed by atoms with E-state index in [0.29, 0.717) is 15.8 Å². The third-order valence-electron chi connectivity index (χ3n) is 4.10. The van der Waals surface area contributed by atoms with E-state index in [9.17, 15) is 9.59 Å². The lowest BCUT2D eigenvalue weighted by Crippen LogP contribution is -2.53. The third kappa shape index (κ3) is 7.26. The summed E-state index contributed by atoms with van der Waals surface area (Å²) in [6.45, 7) is 7.35. The minimum atomic E-state index is -0.699.